The van der Waals surface area contributed by atoms with E-state index in [1.165, 1.54) is 4.88 Å². The number of aliphatic imine (C=N–C) groups is 1. The summed E-state index contributed by atoms with van der Waals surface area (Å²) in [6, 6.07) is 17.1. The van der Waals surface area contributed by atoms with E-state index >= 15 is 0 Å². The van der Waals surface area contributed by atoms with Crippen LogP contribution < -0.4 is 5.73 Å². The number of nitrogens with two attached hydrogens (primary N) is 1. The Morgan fingerprint density at radius 2 is 1.68 bits per heavy atom. The number of carbonyl (C=O) groups excluding carboxylic acids is 1. The maximum Gasteiger partial charge on any atom is 0.430 e. The molecule has 3 aromatic rings. The maximum absolute atomic E-state index is 13.1. The number of amides is 1. The summed E-state index contributed by atoms with van der Waals surface area (Å²) in [5.74, 6) is -0.112. The van der Waals surface area contributed by atoms with Crippen LogP contribution in [0.1, 0.15) is 20.8 Å². The van der Waals surface area contributed by atoms with Crippen molar-refractivity contribution >= 4 is 40.2 Å². The van der Waals surface area contributed by atoms with Crippen LogP contribution in [0.5, 0.6) is 0 Å². The smallest absolute Gasteiger partial charge is 0.395 e. The zero-order chi connectivity index (χ0) is 26.4. The summed E-state index contributed by atoms with van der Waals surface area (Å²) in [5, 5.41) is 2.37. The molecular formula is C27H26ClF3N4OS. The molecule has 1 amide bonds. The predicted octanol–water partition coefficient (Wildman–Crippen LogP) is 5.93. The van der Waals surface area contributed by atoms with E-state index in [-0.39, 0.29) is 11.6 Å². The Morgan fingerprint density at radius 1 is 1.00 bits per heavy atom. The molecule has 37 heavy (non-hydrogen) atoms. The number of halogens is 4. The second-order valence-electron chi connectivity index (χ2n) is 8.59. The molecule has 0 spiro atoms. The zero-order valence-corrected chi connectivity index (χ0v) is 21.5. The van der Waals surface area contributed by atoms with E-state index in [2.05, 4.69) is 27.4 Å². The van der Waals surface area contributed by atoms with Gasteiger partial charge in [-0.3, -0.25) is 9.69 Å². The standard InChI is InChI=1S/C27H26ClF3N4OS/c28-22-5-1-2-6-23(22)33-24(18-25(32)27(29,30)31)19-7-9-20(10-8-19)26(36)35-15-13-34(14-16-35)12-11-21-4-3-17-37-21/h1-10,17-18H,11-16,32H2. The van der Waals surface area contributed by atoms with Crippen molar-refractivity contribution in [3.8, 4) is 0 Å². The molecule has 1 aliphatic heterocycles. The summed E-state index contributed by atoms with van der Waals surface area (Å²) in [6.45, 7) is 3.79. The van der Waals surface area contributed by atoms with Gasteiger partial charge >= 0.3 is 6.18 Å². The van der Waals surface area contributed by atoms with E-state index in [4.69, 9.17) is 17.3 Å². The second kappa shape index (κ2) is 11.9. The van der Waals surface area contributed by atoms with Gasteiger partial charge in [0.1, 0.15) is 5.70 Å². The number of rotatable bonds is 7. The molecule has 0 atom stereocenters. The van der Waals surface area contributed by atoms with E-state index in [0.29, 0.717) is 34.9 Å². The Kier molecular flexibility index (Phi) is 8.68. The fourth-order valence-electron chi connectivity index (χ4n) is 3.95. The lowest BCUT2D eigenvalue weighted by atomic mass is 10.0. The third kappa shape index (κ3) is 7.21. The van der Waals surface area contributed by atoms with Crippen LogP contribution in [0, 0.1) is 0 Å². The number of para-hydroxylation sites is 1. The number of allylic oxidation sites excluding steroid dienone is 2. The van der Waals surface area contributed by atoms with Crippen molar-refractivity contribution in [2.75, 3.05) is 32.7 Å². The highest BCUT2D eigenvalue weighted by Gasteiger charge is 2.32. The van der Waals surface area contributed by atoms with Crippen LogP contribution in [0.2, 0.25) is 5.02 Å². The molecule has 5 nitrogen and oxygen atoms in total. The summed E-state index contributed by atoms with van der Waals surface area (Å²) in [4.78, 5) is 22.9. The predicted molar refractivity (Wildman–Crippen MR) is 143 cm³/mol. The number of thiophene rings is 1. The molecule has 4 rings (SSSR count). The van der Waals surface area contributed by atoms with Gasteiger partial charge in [0.15, 0.2) is 0 Å². The highest BCUT2D eigenvalue weighted by molar-refractivity contribution is 7.09. The van der Waals surface area contributed by atoms with Crippen molar-refractivity contribution in [1.82, 2.24) is 9.80 Å². The molecule has 2 heterocycles. The van der Waals surface area contributed by atoms with E-state index < -0.39 is 11.9 Å². The topological polar surface area (TPSA) is 61.9 Å². The Balaban J connectivity index is 1.46. The maximum atomic E-state index is 13.1. The molecule has 2 N–H and O–H groups in total. The molecule has 0 unspecified atom stereocenters. The zero-order valence-electron chi connectivity index (χ0n) is 19.9. The highest BCUT2D eigenvalue weighted by atomic mass is 35.5. The van der Waals surface area contributed by atoms with Gasteiger partial charge in [-0.2, -0.15) is 13.2 Å². The molecule has 1 fully saturated rings. The molecular weight excluding hydrogens is 521 g/mol. The number of hydrogen-bond acceptors (Lipinski definition) is 5. The molecule has 0 radical (unpaired) electrons. The van der Waals surface area contributed by atoms with Crippen LogP contribution in [0.3, 0.4) is 0 Å². The van der Waals surface area contributed by atoms with Crippen LogP contribution in [0.4, 0.5) is 18.9 Å². The first kappa shape index (κ1) is 26.9. The number of nitrogens with zero attached hydrogens (tertiary/aromatic N) is 3. The van der Waals surface area contributed by atoms with Crippen LogP contribution in [-0.4, -0.2) is 60.3 Å². The molecule has 0 bridgehead atoms. The molecule has 2 aromatic carbocycles. The quantitative estimate of drug-likeness (QED) is 0.374. The number of alkyl halides is 3. The van der Waals surface area contributed by atoms with Crippen LogP contribution in [-0.2, 0) is 6.42 Å². The lowest BCUT2D eigenvalue weighted by molar-refractivity contribution is -0.0925. The number of piperazine rings is 1. The van der Waals surface area contributed by atoms with Gasteiger partial charge in [-0.15, -0.1) is 11.3 Å². The average molecular weight is 547 g/mol. The summed E-state index contributed by atoms with van der Waals surface area (Å²) in [5.41, 5.74) is 5.12. The van der Waals surface area contributed by atoms with Gasteiger partial charge in [0.25, 0.3) is 5.91 Å². The van der Waals surface area contributed by atoms with Crippen LogP contribution in [0.25, 0.3) is 0 Å². The van der Waals surface area contributed by atoms with Gasteiger partial charge in [-0.25, -0.2) is 4.99 Å². The Morgan fingerprint density at radius 3 is 2.30 bits per heavy atom. The fourth-order valence-corrected chi connectivity index (χ4v) is 4.82. The minimum absolute atomic E-state index is 0.0127. The van der Waals surface area contributed by atoms with E-state index in [1.807, 2.05) is 0 Å². The Labute approximate surface area is 222 Å². The van der Waals surface area contributed by atoms with Crippen LogP contribution >= 0.6 is 22.9 Å². The molecule has 10 heteroatoms. The first-order chi connectivity index (χ1) is 17.7. The molecule has 0 saturated carbocycles. The summed E-state index contributed by atoms with van der Waals surface area (Å²) < 4.78 is 39.4. The highest BCUT2D eigenvalue weighted by Crippen LogP contribution is 2.27. The van der Waals surface area contributed by atoms with Gasteiger partial charge in [-0.1, -0.05) is 41.9 Å². The number of carbonyl (C=O) groups is 1. The summed E-state index contributed by atoms with van der Waals surface area (Å²) in [7, 11) is 0. The van der Waals surface area contributed by atoms with E-state index in [1.54, 1.807) is 64.8 Å². The van der Waals surface area contributed by atoms with Gasteiger partial charge in [0.05, 0.1) is 16.4 Å². The van der Waals surface area contributed by atoms with Crippen molar-refractivity contribution in [2.24, 2.45) is 10.7 Å². The minimum Gasteiger partial charge on any atom is -0.395 e. The molecule has 1 aliphatic rings. The minimum atomic E-state index is -4.71. The largest absolute Gasteiger partial charge is 0.430 e. The van der Waals surface area contributed by atoms with Gasteiger partial charge in [-0.05, 0) is 48.2 Å². The summed E-state index contributed by atoms with van der Waals surface area (Å²) in [6.07, 6.45) is -2.93. The normalized spacial score (nSPS) is 15.7. The third-order valence-electron chi connectivity index (χ3n) is 6.05. The second-order valence-corrected chi connectivity index (χ2v) is 10.0. The lowest BCUT2D eigenvalue weighted by Crippen LogP contribution is -2.49. The monoisotopic (exact) mass is 546 g/mol. The van der Waals surface area contributed by atoms with Crippen molar-refractivity contribution in [1.29, 1.82) is 0 Å². The van der Waals surface area contributed by atoms with E-state index in [9.17, 15) is 18.0 Å². The number of benzene rings is 2. The SMILES string of the molecule is NC(=CC(=Nc1ccccc1Cl)c1ccc(C(=O)N2CCN(CCc3cccs3)CC2)cc1)C(F)(F)F. The molecule has 194 valence electrons. The fraction of sp³-hybridized carbons (Fsp3) is 0.259. The first-order valence-corrected chi connectivity index (χ1v) is 13.0. The first-order valence-electron chi connectivity index (χ1n) is 11.7. The van der Waals surface area contributed by atoms with Crippen molar-refractivity contribution in [2.45, 2.75) is 12.6 Å². The molecule has 1 saturated heterocycles. The van der Waals surface area contributed by atoms with Crippen molar-refractivity contribution < 1.29 is 18.0 Å². The number of hydrogen-bond donors (Lipinski definition) is 1. The van der Waals surface area contributed by atoms with Crippen molar-refractivity contribution in [3.05, 3.63) is 98.8 Å². The average Bonchev–Trinajstić information content (AvgIpc) is 3.41. The lowest BCUT2D eigenvalue weighted by Gasteiger charge is -2.34. The Hall–Kier alpha value is -3.14. The van der Waals surface area contributed by atoms with Gasteiger partial charge in [0, 0.05) is 48.7 Å². The van der Waals surface area contributed by atoms with Crippen molar-refractivity contribution in [3.63, 3.8) is 0 Å². The van der Waals surface area contributed by atoms with Gasteiger partial charge in [0.2, 0.25) is 0 Å². The third-order valence-corrected chi connectivity index (χ3v) is 7.31. The van der Waals surface area contributed by atoms with Gasteiger partial charge < -0.3 is 10.6 Å². The van der Waals surface area contributed by atoms with E-state index in [0.717, 1.165) is 32.1 Å². The molecule has 0 aliphatic carbocycles. The van der Waals surface area contributed by atoms with Crippen LogP contribution in [0.15, 0.2) is 82.8 Å². The molecule has 1 aromatic heterocycles. The Bertz CT molecular complexity index is 1270. The summed E-state index contributed by atoms with van der Waals surface area (Å²) >= 11 is 7.91.